The van der Waals surface area contributed by atoms with Gasteiger partial charge < -0.3 is 24.7 Å². The number of fused-ring (bicyclic) bond motifs is 1. The van der Waals surface area contributed by atoms with Crippen LogP contribution in [-0.2, 0) is 20.8 Å². The number of oxime groups is 1. The molecule has 0 spiro atoms. The molecule has 1 aromatic carbocycles. The number of esters is 1. The smallest absolute Gasteiger partial charge is 0.342 e. The highest BCUT2D eigenvalue weighted by molar-refractivity contribution is 6.33. The number of rotatable bonds is 5. The van der Waals surface area contributed by atoms with Crippen LogP contribution >= 0.6 is 11.6 Å². The normalized spacial score (nSPS) is 18.2. The third-order valence-corrected chi connectivity index (χ3v) is 5.57. The van der Waals surface area contributed by atoms with Crippen LogP contribution in [0.15, 0.2) is 35.5 Å². The van der Waals surface area contributed by atoms with Gasteiger partial charge in [-0.3, -0.25) is 4.79 Å². The quantitative estimate of drug-likeness (QED) is 0.348. The molecule has 0 saturated carbocycles. The van der Waals surface area contributed by atoms with E-state index in [2.05, 4.69) is 5.16 Å². The van der Waals surface area contributed by atoms with Gasteiger partial charge in [0.15, 0.2) is 6.61 Å². The number of ether oxygens (including phenoxy) is 1. The third kappa shape index (κ3) is 7.52. The fourth-order valence-electron chi connectivity index (χ4n) is 3.74. The fraction of sp³-hybridized carbons (Fsp3) is 0.480. The largest absolute Gasteiger partial charge is 0.507 e. The number of phenolic OH excluding ortho intramolecular Hbond substituents is 2. The van der Waals surface area contributed by atoms with Gasteiger partial charge in [0.1, 0.15) is 17.1 Å². The summed E-state index contributed by atoms with van der Waals surface area (Å²) in [5, 5.41) is 24.5. The summed E-state index contributed by atoms with van der Waals surface area (Å²) in [6.45, 7) is 7.58. The first-order chi connectivity index (χ1) is 16.1. The molecule has 1 aliphatic rings. The second-order valence-corrected chi connectivity index (χ2v) is 8.86. The number of nitrogens with zero attached hydrogens (tertiary/aromatic N) is 2. The molecule has 1 heterocycles. The van der Waals surface area contributed by atoms with Crippen molar-refractivity contribution in [3.8, 4) is 11.5 Å². The number of amides is 1. The van der Waals surface area contributed by atoms with Crippen molar-refractivity contribution in [2.45, 2.75) is 65.5 Å². The van der Waals surface area contributed by atoms with Crippen molar-refractivity contribution in [3.63, 3.8) is 0 Å². The first-order valence-electron chi connectivity index (χ1n) is 11.3. The Balaban J connectivity index is 2.38. The van der Waals surface area contributed by atoms with Crippen LogP contribution in [0.2, 0.25) is 5.02 Å². The van der Waals surface area contributed by atoms with Crippen LogP contribution in [0.3, 0.4) is 0 Å². The molecule has 0 fully saturated rings. The molecule has 1 aromatic rings. The Morgan fingerprint density at radius 3 is 2.44 bits per heavy atom. The lowest BCUT2D eigenvalue weighted by Gasteiger charge is -2.30. The molecule has 0 unspecified atom stereocenters. The van der Waals surface area contributed by atoms with E-state index in [1.165, 1.54) is 0 Å². The molecular weight excluding hydrogens is 460 g/mol. The van der Waals surface area contributed by atoms with Gasteiger partial charge in [0.05, 0.1) is 17.3 Å². The van der Waals surface area contributed by atoms with Crippen LogP contribution in [0.1, 0.15) is 62.9 Å². The van der Waals surface area contributed by atoms with E-state index in [4.69, 9.17) is 21.2 Å². The maximum absolute atomic E-state index is 12.7. The van der Waals surface area contributed by atoms with E-state index in [1.54, 1.807) is 11.0 Å². The van der Waals surface area contributed by atoms with Gasteiger partial charge >= 0.3 is 5.97 Å². The number of carbonyl (C=O) groups is 2. The molecule has 0 radical (unpaired) electrons. The number of hydrogen-bond donors (Lipinski definition) is 2. The summed E-state index contributed by atoms with van der Waals surface area (Å²) in [6, 6.07) is 1.02. The molecular formula is C25H33ClN2O6. The summed E-state index contributed by atoms with van der Waals surface area (Å²) in [4.78, 5) is 32.4. The Labute approximate surface area is 205 Å². The van der Waals surface area contributed by atoms with Gasteiger partial charge in [-0.05, 0) is 58.6 Å². The van der Waals surface area contributed by atoms with Crippen molar-refractivity contribution in [3.05, 3.63) is 46.5 Å². The summed E-state index contributed by atoms with van der Waals surface area (Å²) in [7, 11) is 0. The van der Waals surface area contributed by atoms with Crippen molar-refractivity contribution in [2.24, 2.45) is 5.16 Å². The predicted octanol–water partition coefficient (Wildman–Crippen LogP) is 4.76. The molecule has 0 aliphatic carbocycles. The third-order valence-electron chi connectivity index (χ3n) is 5.15. The summed E-state index contributed by atoms with van der Waals surface area (Å²) in [5.41, 5.74) is 0.364. The van der Waals surface area contributed by atoms with Crippen LogP contribution in [0, 0.1) is 0 Å². The lowest BCUT2D eigenvalue weighted by molar-refractivity contribution is -0.139. The van der Waals surface area contributed by atoms with Crippen molar-refractivity contribution in [1.82, 2.24) is 4.90 Å². The molecule has 0 aromatic heterocycles. The standard InChI is InChI=1S/C25H33ClN2O6/c1-16(2)28(17(3)4)22(31)15-34-27-18-11-9-7-5-6-8-10-12-33-25(32)23-19(13-18)24(26)21(30)14-20(23)29/h6,8-9,11,14,16-17,29-30H,5,7,10,12-13,15H2,1-4H3/b8-6+,11-9+,27-18-. The lowest BCUT2D eigenvalue weighted by atomic mass is 9.99. The highest BCUT2D eigenvalue weighted by atomic mass is 35.5. The Kier molecular flexibility index (Phi) is 10.4. The molecule has 1 aliphatic heterocycles. The minimum Gasteiger partial charge on any atom is -0.507 e. The summed E-state index contributed by atoms with van der Waals surface area (Å²) >= 11 is 6.30. The van der Waals surface area contributed by atoms with Gasteiger partial charge in [-0.1, -0.05) is 35.0 Å². The molecule has 0 atom stereocenters. The van der Waals surface area contributed by atoms with Gasteiger partial charge in [-0.15, -0.1) is 0 Å². The van der Waals surface area contributed by atoms with Gasteiger partial charge in [0, 0.05) is 24.6 Å². The fourth-order valence-corrected chi connectivity index (χ4v) is 3.95. The SMILES string of the molecule is CC(C)N(C(=O)CO/N=C1/C=C/CC/C=C/CCOC(=O)c2c(O)cc(O)c(Cl)c2C1)C(C)C. The van der Waals surface area contributed by atoms with Gasteiger partial charge in [-0.2, -0.15) is 0 Å². The molecule has 34 heavy (non-hydrogen) atoms. The summed E-state index contributed by atoms with van der Waals surface area (Å²) in [6.07, 6.45) is 9.52. The zero-order chi connectivity index (χ0) is 25.3. The van der Waals surface area contributed by atoms with Crippen molar-refractivity contribution >= 4 is 29.2 Å². The Morgan fingerprint density at radius 1 is 1.12 bits per heavy atom. The lowest BCUT2D eigenvalue weighted by Crippen LogP contribution is -2.43. The maximum Gasteiger partial charge on any atom is 0.342 e. The minimum absolute atomic E-state index is 0.00806. The van der Waals surface area contributed by atoms with Crippen LogP contribution < -0.4 is 0 Å². The van der Waals surface area contributed by atoms with Crippen molar-refractivity contribution in [2.75, 3.05) is 13.2 Å². The molecule has 0 bridgehead atoms. The number of phenols is 2. The van der Waals surface area contributed by atoms with Gasteiger partial charge in [-0.25, -0.2) is 4.79 Å². The summed E-state index contributed by atoms with van der Waals surface area (Å²) < 4.78 is 5.28. The van der Waals surface area contributed by atoms with Crippen LogP contribution in [0.25, 0.3) is 0 Å². The van der Waals surface area contributed by atoms with Crippen LogP contribution in [0.5, 0.6) is 11.5 Å². The average molecular weight is 493 g/mol. The second-order valence-electron chi connectivity index (χ2n) is 8.48. The van der Waals surface area contributed by atoms with Gasteiger partial charge in [0.25, 0.3) is 5.91 Å². The van der Waals surface area contributed by atoms with Gasteiger partial charge in [0.2, 0.25) is 0 Å². The number of aromatic hydroxyl groups is 2. The Hall–Kier alpha value is -3.00. The number of allylic oxidation sites excluding steroid dienone is 3. The van der Waals surface area contributed by atoms with E-state index < -0.39 is 11.7 Å². The Bertz CT molecular complexity index is 961. The van der Waals surface area contributed by atoms with E-state index in [9.17, 15) is 19.8 Å². The monoisotopic (exact) mass is 492 g/mol. The zero-order valence-corrected chi connectivity index (χ0v) is 20.8. The number of halogens is 1. The van der Waals surface area contributed by atoms with E-state index in [0.717, 1.165) is 18.9 Å². The van der Waals surface area contributed by atoms with E-state index in [0.29, 0.717) is 12.1 Å². The molecule has 9 heteroatoms. The molecule has 186 valence electrons. The van der Waals surface area contributed by atoms with Crippen molar-refractivity contribution < 1.29 is 29.4 Å². The second kappa shape index (κ2) is 13.0. The molecule has 8 nitrogen and oxygen atoms in total. The van der Waals surface area contributed by atoms with E-state index in [1.807, 2.05) is 45.9 Å². The number of hydrogen-bond acceptors (Lipinski definition) is 7. The maximum atomic E-state index is 12.7. The predicted molar refractivity (Wildman–Crippen MR) is 131 cm³/mol. The molecule has 2 rings (SSSR count). The van der Waals surface area contributed by atoms with Crippen LogP contribution in [-0.4, -0.2) is 58.0 Å². The molecule has 0 saturated heterocycles. The highest BCUT2D eigenvalue weighted by Gasteiger charge is 2.25. The number of carbonyl (C=O) groups excluding carboxylic acids is 2. The highest BCUT2D eigenvalue weighted by Crippen LogP contribution is 2.37. The first-order valence-corrected chi connectivity index (χ1v) is 11.7. The minimum atomic E-state index is -0.760. The summed E-state index contributed by atoms with van der Waals surface area (Å²) in [5.74, 6) is -1.79. The van der Waals surface area contributed by atoms with Crippen molar-refractivity contribution in [1.29, 1.82) is 0 Å². The first kappa shape index (κ1) is 27.2. The van der Waals surface area contributed by atoms with E-state index >= 15 is 0 Å². The number of cyclic esters (lactones) is 1. The topological polar surface area (TPSA) is 109 Å². The number of benzene rings is 1. The van der Waals surface area contributed by atoms with E-state index in [-0.39, 0.29) is 59.5 Å². The molecule has 1 amide bonds. The zero-order valence-electron chi connectivity index (χ0n) is 20.1. The Morgan fingerprint density at radius 2 is 1.76 bits per heavy atom. The molecule has 2 N–H and O–H groups in total. The van der Waals surface area contributed by atoms with Crippen LogP contribution in [0.4, 0.5) is 0 Å². The average Bonchev–Trinajstić information content (AvgIpc) is 2.74.